The van der Waals surface area contributed by atoms with Crippen molar-refractivity contribution < 1.29 is 9.59 Å². The molecule has 0 aliphatic heterocycles. The van der Waals surface area contributed by atoms with Crippen LogP contribution in [-0.4, -0.2) is 40.9 Å². The van der Waals surface area contributed by atoms with Gasteiger partial charge in [-0.1, -0.05) is 55.1 Å². The third-order valence-electron chi connectivity index (χ3n) is 3.38. The lowest BCUT2D eigenvalue weighted by Gasteiger charge is -2.10. The number of nitrogens with zero attached hydrogens (tertiary/aromatic N) is 2. The highest BCUT2D eigenvalue weighted by atomic mass is 32.2. The van der Waals surface area contributed by atoms with Crippen LogP contribution < -0.4 is 16.0 Å². The molecule has 0 radical (unpaired) electrons. The number of hydrogen-bond donors (Lipinski definition) is 3. The first kappa shape index (κ1) is 20.2. The van der Waals surface area contributed by atoms with E-state index in [-0.39, 0.29) is 24.1 Å². The fourth-order valence-electron chi connectivity index (χ4n) is 2.07. The Morgan fingerprint density at radius 1 is 1.15 bits per heavy atom. The van der Waals surface area contributed by atoms with Gasteiger partial charge in [-0.25, -0.2) is 0 Å². The summed E-state index contributed by atoms with van der Waals surface area (Å²) in [6, 6.07) is 7.63. The molecule has 3 N–H and O–H groups in total. The summed E-state index contributed by atoms with van der Waals surface area (Å²) < 4.78 is 0.722. The molecule has 1 heterocycles. The fourth-order valence-corrected chi connectivity index (χ4v) is 3.68. The molecule has 1 aromatic heterocycles. The highest BCUT2D eigenvalue weighted by Crippen LogP contribution is 2.25. The van der Waals surface area contributed by atoms with Gasteiger partial charge in [0.2, 0.25) is 16.9 Å². The number of thioether (sulfide) groups is 1. The molecule has 1 aromatic carbocycles. The molecular formula is C17H23N5O2S2. The van der Waals surface area contributed by atoms with E-state index < -0.39 is 0 Å². The number of anilines is 2. The van der Waals surface area contributed by atoms with Crippen LogP contribution in [0.5, 0.6) is 0 Å². The summed E-state index contributed by atoms with van der Waals surface area (Å²) in [5, 5.41) is 17.4. The molecule has 0 bridgehead atoms. The Morgan fingerprint density at radius 3 is 2.73 bits per heavy atom. The third-order valence-corrected chi connectivity index (χ3v) is 5.39. The molecule has 0 saturated heterocycles. The van der Waals surface area contributed by atoms with Crippen LogP contribution in [0.3, 0.4) is 0 Å². The van der Waals surface area contributed by atoms with Crippen molar-refractivity contribution in [3.8, 4) is 0 Å². The van der Waals surface area contributed by atoms with Gasteiger partial charge >= 0.3 is 0 Å². The van der Waals surface area contributed by atoms with E-state index in [4.69, 9.17) is 0 Å². The van der Waals surface area contributed by atoms with Crippen molar-refractivity contribution in [2.24, 2.45) is 0 Å². The smallest absolute Gasteiger partial charge is 0.243 e. The molecule has 0 atom stereocenters. The third kappa shape index (κ3) is 6.64. The van der Waals surface area contributed by atoms with Crippen molar-refractivity contribution >= 4 is 45.7 Å². The topological polar surface area (TPSA) is 96.0 Å². The van der Waals surface area contributed by atoms with Crippen LogP contribution in [0.2, 0.25) is 0 Å². The molecule has 0 spiro atoms. The molecule has 0 aliphatic carbocycles. The molecule has 0 saturated carbocycles. The van der Waals surface area contributed by atoms with Gasteiger partial charge in [0.1, 0.15) is 0 Å². The van der Waals surface area contributed by atoms with Gasteiger partial charge in [0.05, 0.1) is 12.3 Å². The molecule has 7 nitrogen and oxygen atoms in total. The highest BCUT2D eigenvalue weighted by molar-refractivity contribution is 8.01. The molecule has 0 aliphatic rings. The zero-order valence-corrected chi connectivity index (χ0v) is 16.5. The summed E-state index contributed by atoms with van der Waals surface area (Å²) >= 11 is 2.72. The van der Waals surface area contributed by atoms with Crippen molar-refractivity contribution in [2.75, 3.05) is 29.5 Å². The second kappa shape index (κ2) is 10.8. The second-order valence-electron chi connectivity index (χ2n) is 5.42. The predicted molar refractivity (Wildman–Crippen MR) is 107 cm³/mol. The van der Waals surface area contributed by atoms with Crippen LogP contribution in [0.25, 0.3) is 0 Å². The van der Waals surface area contributed by atoms with Crippen molar-refractivity contribution in [1.29, 1.82) is 0 Å². The Balaban J connectivity index is 1.71. The van der Waals surface area contributed by atoms with E-state index in [9.17, 15) is 9.59 Å². The summed E-state index contributed by atoms with van der Waals surface area (Å²) in [7, 11) is 0. The number of nitrogens with one attached hydrogen (secondary N) is 3. The predicted octanol–water partition coefficient (Wildman–Crippen LogP) is 2.77. The molecule has 0 fully saturated rings. The van der Waals surface area contributed by atoms with Gasteiger partial charge < -0.3 is 16.0 Å². The minimum absolute atomic E-state index is 0.0587. The van der Waals surface area contributed by atoms with E-state index in [1.54, 1.807) is 0 Å². The molecule has 2 amide bonds. The highest BCUT2D eigenvalue weighted by Gasteiger charge is 2.10. The zero-order valence-electron chi connectivity index (χ0n) is 14.9. The average Bonchev–Trinajstić information content (AvgIpc) is 3.11. The van der Waals surface area contributed by atoms with Gasteiger partial charge in [-0.05, 0) is 24.5 Å². The van der Waals surface area contributed by atoms with Gasteiger partial charge in [0.25, 0.3) is 0 Å². The van der Waals surface area contributed by atoms with E-state index in [1.807, 2.05) is 31.2 Å². The lowest BCUT2D eigenvalue weighted by molar-refractivity contribution is -0.122. The maximum Gasteiger partial charge on any atom is 0.243 e. The molecule has 0 unspecified atom stereocenters. The number of carbonyl (C=O) groups excluding carboxylic acids is 2. The normalized spacial score (nSPS) is 10.4. The summed E-state index contributed by atoms with van der Waals surface area (Å²) in [5.41, 5.74) is 1.84. The molecular weight excluding hydrogens is 370 g/mol. The average molecular weight is 394 g/mol. The maximum absolute atomic E-state index is 12.0. The number of amides is 2. The van der Waals surface area contributed by atoms with Crippen LogP contribution in [0.15, 0.2) is 28.6 Å². The Kier molecular flexibility index (Phi) is 8.36. The number of carbonyl (C=O) groups is 2. The van der Waals surface area contributed by atoms with Crippen LogP contribution in [0.1, 0.15) is 25.8 Å². The molecule has 140 valence electrons. The van der Waals surface area contributed by atoms with Gasteiger partial charge in [-0.3, -0.25) is 9.59 Å². The minimum Gasteiger partial charge on any atom is -0.360 e. The van der Waals surface area contributed by atoms with E-state index >= 15 is 0 Å². The van der Waals surface area contributed by atoms with Gasteiger partial charge in [-0.15, -0.1) is 10.2 Å². The first-order valence-corrected chi connectivity index (χ1v) is 10.3. The lowest BCUT2D eigenvalue weighted by Crippen LogP contribution is -2.34. The Morgan fingerprint density at radius 2 is 1.96 bits per heavy atom. The van der Waals surface area contributed by atoms with E-state index in [0.29, 0.717) is 0 Å². The van der Waals surface area contributed by atoms with Crippen molar-refractivity contribution in [2.45, 2.75) is 31.0 Å². The van der Waals surface area contributed by atoms with E-state index in [2.05, 4.69) is 33.1 Å². The van der Waals surface area contributed by atoms with Gasteiger partial charge in [0.15, 0.2) is 4.34 Å². The summed E-state index contributed by atoms with van der Waals surface area (Å²) in [5.74, 6) is -0.264. The number of aromatic nitrogens is 2. The SMILES string of the molecule is CCCNc1nnc(SCC(=O)NCC(=O)Nc2ccccc2CC)s1. The van der Waals surface area contributed by atoms with E-state index in [1.165, 1.54) is 23.1 Å². The quantitative estimate of drug-likeness (QED) is 0.537. The Labute approximate surface area is 161 Å². The number of hydrogen-bond acceptors (Lipinski definition) is 7. The fraction of sp³-hybridized carbons (Fsp3) is 0.412. The van der Waals surface area contributed by atoms with E-state index in [0.717, 1.165) is 40.1 Å². The van der Waals surface area contributed by atoms with Crippen LogP contribution >= 0.6 is 23.1 Å². The number of para-hydroxylation sites is 1. The minimum atomic E-state index is -0.244. The first-order valence-electron chi connectivity index (χ1n) is 8.47. The standard InChI is InChI=1S/C17H23N5O2S2/c1-3-9-18-16-21-22-17(26-16)25-11-15(24)19-10-14(23)20-13-8-6-5-7-12(13)4-2/h5-8H,3-4,9-11H2,1-2H3,(H,18,21)(H,19,24)(H,20,23). The van der Waals surface area contributed by atoms with Crippen LogP contribution in [-0.2, 0) is 16.0 Å². The number of benzene rings is 1. The summed E-state index contributed by atoms with van der Waals surface area (Å²) in [6.45, 7) is 4.89. The summed E-state index contributed by atoms with van der Waals surface area (Å²) in [6.07, 6.45) is 1.84. The van der Waals surface area contributed by atoms with Crippen molar-refractivity contribution in [3.05, 3.63) is 29.8 Å². The van der Waals surface area contributed by atoms with Crippen molar-refractivity contribution in [1.82, 2.24) is 15.5 Å². The molecule has 2 aromatic rings. The number of aryl methyl sites for hydroxylation is 1. The van der Waals surface area contributed by atoms with Crippen LogP contribution in [0.4, 0.5) is 10.8 Å². The zero-order chi connectivity index (χ0) is 18.8. The number of rotatable bonds is 10. The Hall–Kier alpha value is -2.13. The Bertz CT molecular complexity index is 735. The van der Waals surface area contributed by atoms with Gasteiger partial charge in [-0.2, -0.15) is 0 Å². The maximum atomic E-state index is 12.0. The van der Waals surface area contributed by atoms with Gasteiger partial charge in [0, 0.05) is 12.2 Å². The largest absolute Gasteiger partial charge is 0.360 e. The molecule has 2 rings (SSSR count). The van der Waals surface area contributed by atoms with Crippen molar-refractivity contribution in [3.63, 3.8) is 0 Å². The second-order valence-corrected chi connectivity index (χ2v) is 7.62. The monoisotopic (exact) mass is 393 g/mol. The lowest BCUT2D eigenvalue weighted by atomic mass is 10.1. The molecule has 26 heavy (non-hydrogen) atoms. The van der Waals surface area contributed by atoms with Crippen LogP contribution in [0, 0.1) is 0 Å². The summed E-state index contributed by atoms with van der Waals surface area (Å²) in [4.78, 5) is 23.9. The first-order chi connectivity index (χ1) is 12.6. The molecule has 9 heteroatoms.